The summed E-state index contributed by atoms with van der Waals surface area (Å²) < 4.78 is 60.1. The SMILES string of the molecule is COc1ccc(Br)cc1OC(F)(F)C(F)(F)Br. The Morgan fingerprint density at radius 1 is 1.12 bits per heavy atom. The number of methoxy groups -OCH3 is 1. The van der Waals surface area contributed by atoms with Crippen LogP contribution in [0.3, 0.4) is 0 Å². The summed E-state index contributed by atoms with van der Waals surface area (Å²) in [5.74, 6) is -0.573. The maximum atomic E-state index is 13.0. The third-order valence-corrected chi connectivity index (χ3v) is 2.65. The predicted octanol–water partition coefficient (Wildman–Crippen LogP) is 4.42. The Balaban J connectivity index is 3.06. The molecule has 0 unspecified atom stereocenters. The largest absolute Gasteiger partial charge is 0.493 e. The lowest BCUT2D eigenvalue weighted by atomic mass is 10.3. The standard InChI is InChI=1S/C9H6Br2F4O2/c1-16-6-3-2-5(10)4-7(6)17-9(14,15)8(11,12)13/h2-4H,1H3. The molecule has 17 heavy (non-hydrogen) atoms. The van der Waals surface area contributed by atoms with Crippen molar-refractivity contribution < 1.29 is 27.0 Å². The first-order chi connectivity index (χ1) is 7.67. The number of hydrogen-bond acceptors (Lipinski definition) is 2. The minimum absolute atomic E-state index is 0.0791. The van der Waals surface area contributed by atoms with Gasteiger partial charge in [-0.2, -0.15) is 17.6 Å². The monoisotopic (exact) mass is 380 g/mol. The van der Waals surface area contributed by atoms with E-state index in [0.717, 1.165) is 6.07 Å². The normalized spacial score (nSPS) is 12.4. The molecule has 1 aromatic carbocycles. The van der Waals surface area contributed by atoms with Crippen molar-refractivity contribution in [2.24, 2.45) is 0 Å². The molecule has 1 rings (SSSR count). The van der Waals surface area contributed by atoms with Crippen LogP contribution in [0.15, 0.2) is 22.7 Å². The van der Waals surface area contributed by atoms with Crippen LogP contribution in [0.4, 0.5) is 17.6 Å². The maximum Gasteiger partial charge on any atom is 0.475 e. The summed E-state index contributed by atoms with van der Waals surface area (Å²) >= 11 is 4.57. The molecule has 0 aromatic heterocycles. The molecule has 0 N–H and O–H groups in total. The molecule has 0 amide bonds. The molecule has 0 saturated carbocycles. The number of benzene rings is 1. The predicted molar refractivity (Wildman–Crippen MR) is 60.1 cm³/mol. The Morgan fingerprint density at radius 3 is 2.18 bits per heavy atom. The Hall–Kier alpha value is -0.500. The highest BCUT2D eigenvalue weighted by molar-refractivity contribution is 9.10. The Morgan fingerprint density at radius 2 is 1.71 bits per heavy atom. The number of halogens is 6. The zero-order chi connectivity index (χ0) is 13.3. The second-order valence-corrected chi connectivity index (χ2v) is 4.82. The average Bonchev–Trinajstić information content (AvgIpc) is 2.15. The van der Waals surface area contributed by atoms with E-state index in [4.69, 9.17) is 4.74 Å². The summed E-state index contributed by atoms with van der Waals surface area (Å²) in [5.41, 5.74) is 0. The van der Waals surface area contributed by atoms with E-state index in [0.29, 0.717) is 4.47 Å². The molecule has 0 aliphatic rings. The van der Waals surface area contributed by atoms with Crippen LogP contribution in [0.5, 0.6) is 11.5 Å². The number of rotatable bonds is 4. The summed E-state index contributed by atoms with van der Waals surface area (Å²) in [5, 5.41) is 0. The van der Waals surface area contributed by atoms with Gasteiger partial charge in [0.15, 0.2) is 11.5 Å². The molecule has 0 heterocycles. The zero-order valence-corrected chi connectivity index (χ0v) is 11.5. The van der Waals surface area contributed by atoms with Gasteiger partial charge in [0.1, 0.15) is 0 Å². The summed E-state index contributed by atoms with van der Waals surface area (Å²) in [6.07, 6.45) is -4.69. The molecule has 0 aliphatic carbocycles. The molecule has 0 bridgehead atoms. The van der Waals surface area contributed by atoms with Gasteiger partial charge in [0.2, 0.25) is 0 Å². The van der Waals surface area contributed by atoms with Crippen molar-refractivity contribution in [2.45, 2.75) is 10.9 Å². The summed E-state index contributed by atoms with van der Waals surface area (Å²) in [4.78, 5) is -4.48. The van der Waals surface area contributed by atoms with Gasteiger partial charge in [-0.25, -0.2) is 0 Å². The third kappa shape index (κ3) is 3.48. The molecular formula is C9H6Br2F4O2. The molecule has 0 radical (unpaired) electrons. The number of alkyl halides is 5. The first-order valence-corrected chi connectivity index (χ1v) is 5.73. The summed E-state index contributed by atoms with van der Waals surface area (Å²) in [6, 6.07) is 3.91. The molecule has 0 atom stereocenters. The second kappa shape index (κ2) is 5.01. The van der Waals surface area contributed by atoms with E-state index in [1.807, 2.05) is 0 Å². The van der Waals surface area contributed by atoms with Crippen LogP contribution in [0.1, 0.15) is 0 Å². The van der Waals surface area contributed by atoms with E-state index < -0.39 is 16.7 Å². The third-order valence-electron chi connectivity index (χ3n) is 1.69. The summed E-state index contributed by atoms with van der Waals surface area (Å²) in [7, 11) is 1.21. The molecular weight excluding hydrogens is 376 g/mol. The topological polar surface area (TPSA) is 18.5 Å². The fourth-order valence-corrected chi connectivity index (χ4v) is 1.35. The maximum absolute atomic E-state index is 13.0. The first-order valence-electron chi connectivity index (χ1n) is 4.14. The van der Waals surface area contributed by atoms with Crippen molar-refractivity contribution in [3.8, 4) is 11.5 Å². The Kier molecular flexibility index (Phi) is 4.29. The van der Waals surface area contributed by atoms with Gasteiger partial charge in [-0.3, -0.25) is 0 Å². The lowest BCUT2D eigenvalue weighted by Gasteiger charge is -2.23. The van der Waals surface area contributed by atoms with Crippen LogP contribution >= 0.6 is 31.9 Å². The van der Waals surface area contributed by atoms with E-state index >= 15 is 0 Å². The van der Waals surface area contributed by atoms with Crippen molar-refractivity contribution in [3.05, 3.63) is 22.7 Å². The van der Waals surface area contributed by atoms with Crippen LogP contribution in [-0.4, -0.2) is 18.1 Å². The van der Waals surface area contributed by atoms with E-state index in [-0.39, 0.29) is 5.75 Å². The van der Waals surface area contributed by atoms with Gasteiger partial charge in [-0.1, -0.05) is 15.9 Å². The minimum Gasteiger partial charge on any atom is -0.493 e. The fourth-order valence-electron chi connectivity index (χ4n) is 0.926. The van der Waals surface area contributed by atoms with Gasteiger partial charge in [-0.15, -0.1) is 0 Å². The summed E-state index contributed by atoms with van der Waals surface area (Å²) in [6.45, 7) is 0. The van der Waals surface area contributed by atoms with Crippen molar-refractivity contribution in [3.63, 3.8) is 0 Å². The zero-order valence-electron chi connectivity index (χ0n) is 8.32. The molecule has 8 heteroatoms. The van der Waals surface area contributed by atoms with Crippen molar-refractivity contribution in [2.75, 3.05) is 7.11 Å². The Bertz CT molecular complexity index is 406. The lowest BCUT2D eigenvalue weighted by Crippen LogP contribution is -2.40. The van der Waals surface area contributed by atoms with Crippen molar-refractivity contribution in [1.82, 2.24) is 0 Å². The molecule has 0 saturated heterocycles. The van der Waals surface area contributed by atoms with Crippen LogP contribution in [-0.2, 0) is 0 Å². The molecule has 1 aromatic rings. The van der Waals surface area contributed by atoms with Crippen LogP contribution in [0, 0.1) is 0 Å². The highest BCUT2D eigenvalue weighted by atomic mass is 79.9. The van der Waals surface area contributed by atoms with E-state index in [1.165, 1.54) is 19.2 Å². The highest BCUT2D eigenvalue weighted by Gasteiger charge is 2.58. The van der Waals surface area contributed by atoms with Crippen LogP contribution in [0.25, 0.3) is 0 Å². The lowest BCUT2D eigenvalue weighted by molar-refractivity contribution is -0.266. The molecule has 0 spiro atoms. The molecule has 96 valence electrons. The fraction of sp³-hybridized carbons (Fsp3) is 0.333. The van der Waals surface area contributed by atoms with Gasteiger partial charge < -0.3 is 9.47 Å². The number of ether oxygens (including phenoxy) is 2. The number of hydrogen-bond donors (Lipinski definition) is 0. The average molecular weight is 382 g/mol. The molecule has 0 fully saturated rings. The van der Waals surface area contributed by atoms with Gasteiger partial charge in [0.25, 0.3) is 0 Å². The van der Waals surface area contributed by atoms with Crippen LogP contribution < -0.4 is 9.47 Å². The quantitative estimate of drug-likeness (QED) is 0.568. The Labute approximate surface area is 111 Å². The van der Waals surface area contributed by atoms with Gasteiger partial charge in [-0.05, 0) is 18.2 Å². The van der Waals surface area contributed by atoms with Crippen molar-refractivity contribution in [1.29, 1.82) is 0 Å². The van der Waals surface area contributed by atoms with E-state index in [9.17, 15) is 17.6 Å². The van der Waals surface area contributed by atoms with Crippen LogP contribution in [0.2, 0.25) is 0 Å². The molecule has 2 nitrogen and oxygen atoms in total. The van der Waals surface area contributed by atoms with E-state index in [2.05, 4.69) is 20.7 Å². The van der Waals surface area contributed by atoms with Gasteiger partial charge >= 0.3 is 10.9 Å². The van der Waals surface area contributed by atoms with Gasteiger partial charge in [0, 0.05) is 20.4 Å². The van der Waals surface area contributed by atoms with Crippen molar-refractivity contribution >= 4 is 31.9 Å². The first kappa shape index (κ1) is 14.6. The minimum atomic E-state index is -4.69. The second-order valence-electron chi connectivity index (χ2n) is 2.91. The smallest absolute Gasteiger partial charge is 0.475 e. The van der Waals surface area contributed by atoms with E-state index in [1.54, 1.807) is 15.9 Å². The molecule has 0 aliphatic heterocycles. The highest BCUT2D eigenvalue weighted by Crippen LogP contribution is 2.43. The van der Waals surface area contributed by atoms with Gasteiger partial charge in [0.05, 0.1) is 7.11 Å².